The minimum absolute atomic E-state index is 0.101. The summed E-state index contributed by atoms with van der Waals surface area (Å²) in [6.45, 7) is 3.36. The van der Waals surface area contributed by atoms with Crippen LogP contribution >= 0.6 is 0 Å². The number of hydrogen-bond acceptors (Lipinski definition) is 6. The van der Waals surface area contributed by atoms with Gasteiger partial charge in [0.15, 0.2) is 0 Å². The molecule has 0 atom stereocenters. The Morgan fingerprint density at radius 2 is 2.12 bits per heavy atom. The first-order valence-electron chi connectivity index (χ1n) is 5.01. The lowest BCUT2D eigenvalue weighted by atomic mass is 10.4. The van der Waals surface area contributed by atoms with E-state index in [2.05, 4.69) is 9.97 Å². The van der Waals surface area contributed by atoms with Gasteiger partial charge in [-0.1, -0.05) is 0 Å². The summed E-state index contributed by atoms with van der Waals surface area (Å²) in [5, 5.41) is 19.1. The lowest BCUT2D eigenvalue weighted by molar-refractivity contribution is -0.385. The van der Waals surface area contributed by atoms with Crippen LogP contribution in [0.1, 0.15) is 13.3 Å². The molecule has 1 aromatic rings. The van der Waals surface area contributed by atoms with Crippen molar-refractivity contribution in [3.05, 3.63) is 22.5 Å². The summed E-state index contributed by atoms with van der Waals surface area (Å²) in [4.78, 5) is 19.5. The summed E-state index contributed by atoms with van der Waals surface area (Å²) in [7, 11) is 0. The molecule has 0 saturated carbocycles. The van der Waals surface area contributed by atoms with Crippen LogP contribution in [0.3, 0.4) is 0 Å². The zero-order chi connectivity index (χ0) is 12.0. The fraction of sp³-hybridized carbons (Fsp3) is 0.556. The van der Waals surface area contributed by atoms with Gasteiger partial charge < -0.3 is 10.0 Å². The second-order valence-corrected chi connectivity index (χ2v) is 3.16. The van der Waals surface area contributed by atoms with Crippen molar-refractivity contribution in [3.63, 3.8) is 0 Å². The van der Waals surface area contributed by atoms with Crippen LogP contribution in [0.25, 0.3) is 0 Å². The fourth-order valence-corrected chi connectivity index (χ4v) is 1.23. The molecule has 0 amide bonds. The predicted octanol–water partition coefficient (Wildman–Crippen LogP) is 0.593. The molecule has 1 aromatic heterocycles. The predicted molar refractivity (Wildman–Crippen MR) is 58.3 cm³/mol. The number of aliphatic hydroxyl groups is 1. The number of hydrogen-bond donors (Lipinski definition) is 1. The van der Waals surface area contributed by atoms with Crippen molar-refractivity contribution >= 4 is 11.6 Å². The lowest BCUT2D eigenvalue weighted by Gasteiger charge is -2.19. The van der Waals surface area contributed by atoms with Gasteiger partial charge >= 0.3 is 5.69 Å². The van der Waals surface area contributed by atoms with Crippen LogP contribution in [0.2, 0.25) is 0 Å². The third-order valence-electron chi connectivity index (χ3n) is 2.09. The molecule has 16 heavy (non-hydrogen) atoms. The molecule has 88 valence electrons. The molecule has 0 aliphatic carbocycles. The summed E-state index contributed by atoms with van der Waals surface area (Å²) in [6.07, 6.45) is 2.99. The molecule has 0 spiro atoms. The molecule has 0 bridgehead atoms. The molecule has 0 aliphatic heterocycles. The molecule has 1 rings (SSSR count). The van der Waals surface area contributed by atoms with E-state index < -0.39 is 4.92 Å². The summed E-state index contributed by atoms with van der Waals surface area (Å²) < 4.78 is 0. The normalized spacial score (nSPS) is 10.1. The van der Waals surface area contributed by atoms with Crippen molar-refractivity contribution in [3.8, 4) is 0 Å². The van der Waals surface area contributed by atoms with Gasteiger partial charge in [0, 0.05) is 19.7 Å². The zero-order valence-corrected chi connectivity index (χ0v) is 9.04. The van der Waals surface area contributed by atoms with Crippen molar-refractivity contribution in [2.45, 2.75) is 13.3 Å². The molecule has 7 nitrogen and oxygen atoms in total. The SMILES string of the molecule is CCN(CCCO)c1ncc([N+](=O)[O-])cn1. The quantitative estimate of drug-likeness (QED) is 0.563. The first kappa shape index (κ1) is 12.3. The second kappa shape index (κ2) is 5.96. The van der Waals surface area contributed by atoms with E-state index in [1.807, 2.05) is 11.8 Å². The fourth-order valence-electron chi connectivity index (χ4n) is 1.23. The van der Waals surface area contributed by atoms with Gasteiger partial charge in [-0.15, -0.1) is 0 Å². The molecule has 0 saturated heterocycles. The van der Waals surface area contributed by atoms with Gasteiger partial charge in [0.25, 0.3) is 0 Å². The highest BCUT2D eigenvalue weighted by Gasteiger charge is 2.10. The van der Waals surface area contributed by atoms with Gasteiger partial charge in [0.2, 0.25) is 5.95 Å². The van der Waals surface area contributed by atoms with Crippen molar-refractivity contribution in [1.29, 1.82) is 0 Å². The van der Waals surface area contributed by atoms with Gasteiger partial charge in [-0.3, -0.25) is 10.1 Å². The monoisotopic (exact) mass is 226 g/mol. The van der Waals surface area contributed by atoms with Crippen molar-refractivity contribution in [1.82, 2.24) is 9.97 Å². The van der Waals surface area contributed by atoms with E-state index in [9.17, 15) is 10.1 Å². The van der Waals surface area contributed by atoms with Gasteiger partial charge in [-0.25, -0.2) is 9.97 Å². The Morgan fingerprint density at radius 3 is 2.56 bits per heavy atom. The van der Waals surface area contributed by atoms with Gasteiger partial charge in [0.1, 0.15) is 12.4 Å². The number of nitrogens with zero attached hydrogens (tertiary/aromatic N) is 4. The number of rotatable bonds is 6. The maximum absolute atomic E-state index is 10.4. The number of aliphatic hydroxyl groups excluding tert-OH is 1. The van der Waals surface area contributed by atoms with Gasteiger partial charge in [-0.05, 0) is 13.3 Å². The van der Waals surface area contributed by atoms with E-state index in [4.69, 9.17) is 5.11 Å². The molecule has 1 heterocycles. The van der Waals surface area contributed by atoms with E-state index in [0.29, 0.717) is 25.5 Å². The summed E-state index contributed by atoms with van der Waals surface area (Å²) in [5.41, 5.74) is -0.123. The average molecular weight is 226 g/mol. The number of anilines is 1. The standard InChI is InChI=1S/C9H14N4O3/c1-2-12(4-3-5-14)9-10-6-8(7-11-9)13(15)16/h6-7,14H,2-5H2,1H3. The summed E-state index contributed by atoms with van der Waals surface area (Å²) in [5.74, 6) is 0.446. The van der Waals surface area contributed by atoms with Crippen LogP contribution in [-0.4, -0.2) is 39.7 Å². The Morgan fingerprint density at radius 1 is 1.50 bits per heavy atom. The first-order valence-corrected chi connectivity index (χ1v) is 5.01. The van der Waals surface area contributed by atoms with Crippen LogP contribution in [0.15, 0.2) is 12.4 Å². The molecule has 0 aromatic carbocycles. The van der Waals surface area contributed by atoms with Crippen LogP contribution in [0, 0.1) is 10.1 Å². The van der Waals surface area contributed by atoms with E-state index in [1.165, 1.54) is 12.4 Å². The molecule has 0 aliphatic rings. The average Bonchev–Trinajstić information content (AvgIpc) is 2.30. The van der Waals surface area contributed by atoms with Gasteiger partial charge in [-0.2, -0.15) is 0 Å². The second-order valence-electron chi connectivity index (χ2n) is 3.16. The molecule has 0 unspecified atom stereocenters. The molecule has 7 heteroatoms. The van der Waals surface area contributed by atoms with Crippen LogP contribution < -0.4 is 4.90 Å². The van der Waals surface area contributed by atoms with Gasteiger partial charge in [0.05, 0.1) is 4.92 Å². The topological polar surface area (TPSA) is 92.4 Å². The largest absolute Gasteiger partial charge is 0.396 e. The third kappa shape index (κ3) is 3.13. The molecular formula is C9H14N4O3. The van der Waals surface area contributed by atoms with Crippen molar-refractivity contribution in [2.24, 2.45) is 0 Å². The van der Waals surface area contributed by atoms with Crippen molar-refractivity contribution < 1.29 is 10.0 Å². The van der Waals surface area contributed by atoms with E-state index >= 15 is 0 Å². The Kier molecular flexibility index (Phi) is 4.59. The Hall–Kier alpha value is -1.76. The third-order valence-corrected chi connectivity index (χ3v) is 2.09. The molecular weight excluding hydrogens is 212 g/mol. The first-order chi connectivity index (χ1) is 7.69. The number of aromatic nitrogens is 2. The molecule has 1 N–H and O–H groups in total. The van der Waals surface area contributed by atoms with Crippen LogP contribution in [0.4, 0.5) is 11.6 Å². The highest BCUT2D eigenvalue weighted by molar-refractivity contribution is 5.33. The lowest BCUT2D eigenvalue weighted by Crippen LogP contribution is -2.26. The van der Waals surface area contributed by atoms with E-state index in [1.54, 1.807) is 0 Å². The molecule has 0 fully saturated rings. The Bertz CT molecular complexity index is 341. The molecule has 0 radical (unpaired) electrons. The Labute approximate surface area is 92.9 Å². The minimum atomic E-state index is -0.534. The summed E-state index contributed by atoms with van der Waals surface area (Å²) >= 11 is 0. The highest BCUT2D eigenvalue weighted by atomic mass is 16.6. The van der Waals surface area contributed by atoms with E-state index in [0.717, 1.165) is 0 Å². The Balaban J connectivity index is 2.74. The zero-order valence-electron chi connectivity index (χ0n) is 9.04. The van der Waals surface area contributed by atoms with E-state index in [-0.39, 0.29) is 12.3 Å². The van der Waals surface area contributed by atoms with Crippen molar-refractivity contribution in [2.75, 3.05) is 24.6 Å². The highest BCUT2D eigenvalue weighted by Crippen LogP contribution is 2.11. The smallest absolute Gasteiger partial charge is 0.305 e. The maximum Gasteiger partial charge on any atom is 0.305 e. The number of nitro groups is 1. The van der Waals surface area contributed by atoms with Crippen LogP contribution in [-0.2, 0) is 0 Å². The minimum Gasteiger partial charge on any atom is -0.396 e. The van der Waals surface area contributed by atoms with Crippen LogP contribution in [0.5, 0.6) is 0 Å². The maximum atomic E-state index is 10.4. The summed E-state index contributed by atoms with van der Waals surface area (Å²) in [6, 6.07) is 0.